The van der Waals surface area contributed by atoms with Crippen molar-refractivity contribution in [3.63, 3.8) is 0 Å². The van der Waals surface area contributed by atoms with Crippen molar-refractivity contribution in [3.8, 4) is 0 Å². The molecule has 0 fully saturated rings. The number of nitrogens with two attached hydrogens (primary N) is 1. The van der Waals surface area contributed by atoms with Crippen molar-refractivity contribution >= 4 is 15.9 Å². The van der Waals surface area contributed by atoms with E-state index in [1.165, 1.54) is 23.3 Å². The minimum absolute atomic E-state index is 0.0299. The third kappa shape index (κ3) is 3.83. The molecule has 0 aliphatic heterocycles. The van der Waals surface area contributed by atoms with Gasteiger partial charge in [-0.3, -0.25) is 4.79 Å². The van der Waals surface area contributed by atoms with Crippen LogP contribution in [0.1, 0.15) is 35.4 Å². The maximum atomic E-state index is 12.2. The van der Waals surface area contributed by atoms with E-state index in [4.69, 9.17) is 5.14 Å². The third-order valence-corrected chi connectivity index (χ3v) is 5.32. The Bertz CT molecular complexity index is 862. The molecule has 0 saturated heterocycles. The summed E-state index contributed by atoms with van der Waals surface area (Å²) >= 11 is 0. The minimum Gasteiger partial charge on any atom is -0.352 e. The van der Waals surface area contributed by atoms with E-state index in [0.717, 1.165) is 12.8 Å². The van der Waals surface area contributed by atoms with Crippen molar-refractivity contribution < 1.29 is 13.2 Å². The summed E-state index contributed by atoms with van der Waals surface area (Å²) in [7, 11) is -3.73. The van der Waals surface area contributed by atoms with Crippen LogP contribution >= 0.6 is 0 Å². The average Bonchev–Trinajstić information content (AvgIpc) is 2.96. The van der Waals surface area contributed by atoms with Crippen LogP contribution in [0.4, 0.5) is 0 Å². The van der Waals surface area contributed by atoms with Gasteiger partial charge in [-0.2, -0.15) is 0 Å². The Morgan fingerprint density at radius 2 is 1.96 bits per heavy atom. The molecule has 0 unspecified atom stereocenters. The molecule has 0 radical (unpaired) electrons. The molecule has 3 N–H and O–H groups in total. The number of nitrogens with one attached hydrogen (secondary N) is 1. The second kappa shape index (κ2) is 6.75. The van der Waals surface area contributed by atoms with Gasteiger partial charge in [0, 0.05) is 13.0 Å². The van der Waals surface area contributed by atoms with Crippen LogP contribution in [0, 0.1) is 0 Å². The van der Waals surface area contributed by atoms with Gasteiger partial charge < -0.3 is 5.32 Å². The lowest BCUT2D eigenvalue weighted by Crippen LogP contribution is -2.24. The first-order chi connectivity index (χ1) is 11.4. The second-order valence-electron chi connectivity index (χ2n) is 6.11. The molecule has 0 heterocycles. The van der Waals surface area contributed by atoms with Gasteiger partial charge in [0.25, 0.3) is 0 Å². The van der Waals surface area contributed by atoms with Gasteiger partial charge in [0.15, 0.2) is 0 Å². The van der Waals surface area contributed by atoms with Gasteiger partial charge in [-0.05, 0) is 47.6 Å². The molecule has 3 rings (SSSR count). The summed E-state index contributed by atoms with van der Waals surface area (Å²) in [4.78, 5) is 12.3. The van der Waals surface area contributed by atoms with Crippen LogP contribution < -0.4 is 10.5 Å². The van der Waals surface area contributed by atoms with Crippen LogP contribution in [-0.2, 0) is 27.8 Å². The molecule has 0 saturated carbocycles. The van der Waals surface area contributed by atoms with Crippen LogP contribution in [0.2, 0.25) is 0 Å². The molecule has 1 atom stereocenters. The number of aryl methyl sites for hydroxylation is 1. The molecular formula is C18H20N2O3S. The number of fused-ring (bicyclic) bond motifs is 1. The van der Waals surface area contributed by atoms with E-state index in [0.29, 0.717) is 12.0 Å². The van der Waals surface area contributed by atoms with Crippen LogP contribution in [0.15, 0.2) is 53.4 Å². The zero-order chi connectivity index (χ0) is 17.2. The number of hydrogen-bond donors (Lipinski definition) is 2. The summed E-state index contributed by atoms with van der Waals surface area (Å²) in [6.07, 6.45) is 2.46. The first kappa shape index (κ1) is 16.7. The van der Waals surface area contributed by atoms with Crippen LogP contribution in [0.5, 0.6) is 0 Å². The fraction of sp³-hybridized carbons (Fsp3) is 0.278. The van der Waals surface area contributed by atoms with E-state index < -0.39 is 10.0 Å². The lowest BCUT2D eigenvalue weighted by Gasteiger charge is -2.12. The number of amides is 1. The fourth-order valence-corrected chi connectivity index (χ4v) is 3.77. The van der Waals surface area contributed by atoms with Crippen molar-refractivity contribution in [2.75, 3.05) is 0 Å². The second-order valence-corrected chi connectivity index (χ2v) is 7.67. The summed E-state index contributed by atoms with van der Waals surface area (Å²) in [5, 5.41) is 7.98. The van der Waals surface area contributed by atoms with Crippen LogP contribution in [-0.4, -0.2) is 14.3 Å². The van der Waals surface area contributed by atoms with Gasteiger partial charge >= 0.3 is 0 Å². The van der Waals surface area contributed by atoms with Crippen molar-refractivity contribution in [2.45, 2.75) is 36.6 Å². The van der Waals surface area contributed by atoms with Gasteiger partial charge in [-0.1, -0.05) is 36.4 Å². The number of benzene rings is 2. The number of primary sulfonamides is 1. The quantitative estimate of drug-likeness (QED) is 0.870. The minimum atomic E-state index is -3.73. The van der Waals surface area contributed by atoms with Crippen molar-refractivity contribution in [2.24, 2.45) is 5.14 Å². The van der Waals surface area contributed by atoms with Gasteiger partial charge in [-0.25, -0.2) is 13.6 Å². The zero-order valence-corrected chi connectivity index (χ0v) is 14.1. The van der Waals surface area contributed by atoms with Crippen LogP contribution in [0.3, 0.4) is 0 Å². The average molecular weight is 344 g/mol. The molecule has 126 valence electrons. The zero-order valence-electron chi connectivity index (χ0n) is 13.2. The predicted octanol–water partition coefficient (Wildman–Crippen LogP) is 2.07. The van der Waals surface area contributed by atoms with E-state index in [1.54, 1.807) is 12.1 Å². The molecule has 2 aromatic carbocycles. The molecule has 5 nitrogen and oxygen atoms in total. The monoisotopic (exact) mass is 344 g/mol. The van der Waals surface area contributed by atoms with E-state index in [9.17, 15) is 13.2 Å². The maximum absolute atomic E-state index is 12.2. The van der Waals surface area contributed by atoms with E-state index in [-0.39, 0.29) is 23.3 Å². The lowest BCUT2D eigenvalue weighted by atomic mass is 9.97. The van der Waals surface area contributed by atoms with Gasteiger partial charge in [0.1, 0.15) is 0 Å². The molecule has 0 bridgehead atoms. The van der Waals surface area contributed by atoms with E-state index in [2.05, 4.69) is 17.4 Å². The Balaban J connectivity index is 1.59. The summed E-state index contributed by atoms with van der Waals surface area (Å²) in [6, 6.07) is 14.6. The number of hydrogen-bond acceptors (Lipinski definition) is 3. The summed E-state index contributed by atoms with van der Waals surface area (Å²) < 4.78 is 22.7. The predicted molar refractivity (Wildman–Crippen MR) is 91.8 cm³/mol. The molecule has 2 aromatic rings. The number of carbonyl (C=O) groups is 1. The highest BCUT2D eigenvalue weighted by molar-refractivity contribution is 7.89. The topological polar surface area (TPSA) is 89.3 Å². The summed E-state index contributed by atoms with van der Waals surface area (Å²) in [6.45, 7) is 0.288. The lowest BCUT2D eigenvalue weighted by molar-refractivity contribution is -0.121. The van der Waals surface area contributed by atoms with Gasteiger partial charge in [0.2, 0.25) is 15.9 Å². The third-order valence-electron chi connectivity index (χ3n) is 4.41. The molecule has 0 aromatic heterocycles. The fourth-order valence-electron chi connectivity index (χ4n) is 3.19. The highest BCUT2D eigenvalue weighted by atomic mass is 32.2. The van der Waals surface area contributed by atoms with Crippen molar-refractivity contribution in [1.82, 2.24) is 5.32 Å². The Kier molecular flexibility index (Phi) is 4.69. The maximum Gasteiger partial charge on any atom is 0.238 e. The number of sulfonamides is 1. The van der Waals surface area contributed by atoms with E-state index in [1.807, 2.05) is 12.1 Å². The standard InChI is InChI=1S/C18H20N2O3S/c19-24(22,23)16-6-3-4-13(10-16)12-20-18(21)11-15-9-8-14-5-1-2-7-17(14)15/h1-7,10,15H,8-9,11-12H2,(H,20,21)(H2,19,22,23)/t15-/m1/s1. The SMILES string of the molecule is NS(=O)(=O)c1cccc(CNC(=O)C[C@H]2CCc3ccccc32)c1. The van der Waals surface area contributed by atoms with E-state index >= 15 is 0 Å². The van der Waals surface area contributed by atoms with Gasteiger partial charge in [-0.15, -0.1) is 0 Å². The number of rotatable bonds is 5. The molecular weight excluding hydrogens is 324 g/mol. The summed E-state index contributed by atoms with van der Waals surface area (Å²) in [5.41, 5.74) is 3.31. The Morgan fingerprint density at radius 1 is 1.17 bits per heavy atom. The first-order valence-electron chi connectivity index (χ1n) is 7.90. The normalized spacial score (nSPS) is 16.6. The Labute approximate surface area is 141 Å². The molecule has 1 aliphatic rings. The molecule has 1 amide bonds. The smallest absolute Gasteiger partial charge is 0.238 e. The van der Waals surface area contributed by atoms with Crippen molar-refractivity contribution in [3.05, 3.63) is 65.2 Å². The number of carbonyl (C=O) groups excluding carboxylic acids is 1. The molecule has 24 heavy (non-hydrogen) atoms. The molecule has 0 spiro atoms. The first-order valence-corrected chi connectivity index (χ1v) is 9.44. The molecule has 6 heteroatoms. The van der Waals surface area contributed by atoms with Crippen molar-refractivity contribution in [1.29, 1.82) is 0 Å². The highest BCUT2D eigenvalue weighted by Crippen LogP contribution is 2.35. The summed E-state index contributed by atoms with van der Waals surface area (Å²) in [5.74, 6) is 0.231. The Morgan fingerprint density at radius 3 is 2.75 bits per heavy atom. The van der Waals surface area contributed by atoms with Gasteiger partial charge in [0.05, 0.1) is 4.90 Å². The van der Waals surface area contributed by atoms with Crippen LogP contribution in [0.25, 0.3) is 0 Å². The Hall–Kier alpha value is -2.18. The molecule has 1 aliphatic carbocycles. The largest absolute Gasteiger partial charge is 0.352 e. The highest BCUT2D eigenvalue weighted by Gasteiger charge is 2.24.